The van der Waals surface area contributed by atoms with E-state index in [9.17, 15) is 9.59 Å². The average Bonchev–Trinajstić information content (AvgIpc) is 2.84. The summed E-state index contributed by atoms with van der Waals surface area (Å²) in [5, 5.41) is 0. The molecule has 32 heavy (non-hydrogen) atoms. The summed E-state index contributed by atoms with van der Waals surface area (Å²) < 4.78 is 10.8. The second-order valence-electron chi connectivity index (χ2n) is 9.15. The SMILES string of the molecule is O=C(CCCCC(=O)OCc1ccc2c(c1)CCCC2)OCc1ccc2c(c1)CCCC2. The molecule has 0 atom stereocenters. The van der Waals surface area contributed by atoms with E-state index in [4.69, 9.17) is 9.47 Å². The van der Waals surface area contributed by atoms with Gasteiger partial charge in [0.2, 0.25) is 0 Å². The number of unbranched alkanes of at least 4 members (excludes halogenated alkanes) is 1. The first-order chi connectivity index (χ1) is 15.7. The van der Waals surface area contributed by atoms with E-state index in [2.05, 4.69) is 36.4 Å². The van der Waals surface area contributed by atoms with Gasteiger partial charge in [-0.2, -0.15) is 0 Å². The number of carbonyl (C=O) groups is 2. The Bertz CT molecular complexity index is 869. The van der Waals surface area contributed by atoms with Crippen molar-refractivity contribution >= 4 is 11.9 Å². The monoisotopic (exact) mass is 434 g/mol. The van der Waals surface area contributed by atoms with Crippen LogP contribution in [0.2, 0.25) is 0 Å². The number of rotatable bonds is 9. The smallest absolute Gasteiger partial charge is 0.306 e. The highest BCUT2D eigenvalue weighted by atomic mass is 16.5. The number of carbonyl (C=O) groups excluding carboxylic acids is 2. The number of aryl methyl sites for hydroxylation is 4. The molecule has 0 amide bonds. The lowest BCUT2D eigenvalue weighted by Gasteiger charge is -2.16. The third-order valence-electron chi connectivity index (χ3n) is 6.64. The molecule has 0 aromatic heterocycles. The summed E-state index contributed by atoms with van der Waals surface area (Å²) in [6.45, 7) is 0.657. The van der Waals surface area contributed by atoms with Crippen LogP contribution in [0.1, 0.15) is 84.7 Å². The lowest BCUT2D eigenvalue weighted by atomic mass is 9.90. The molecule has 0 radical (unpaired) electrons. The van der Waals surface area contributed by atoms with E-state index in [1.165, 1.54) is 47.9 Å². The summed E-state index contributed by atoms with van der Waals surface area (Å²) >= 11 is 0. The van der Waals surface area contributed by atoms with E-state index >= 15 is 0 Å². The van der Waals surface area contributed by atoms with E-state index in [1.807, 2.05) is 0 Å². The molecule has 0 saturated carbocycles. The summed E-state index contributed by atoms with van der Waals surface area (Å²) in [7, 11) is 0. The summed E-state index contributed by atoms with van der Waals surface area (Å²) in [6.07, 6.45) is 11.5. The van der Waals surface area contributed by atoms with Crippen LogP contribution in [-0.4, -0.2) is 11.9 Å². The molecule has 2 aliphatic carbocycles. The Morgan fingerprint density at radius 3 is 1.44 bits per heavy atom. The Morgan fingerprint density at radius 1 is 0.594 bits per heavy atom. The number of fused-ring (bicyclic) bond motifs is 2. The summed E-state index contributed by atoms with van der Waals surface area (Å²) in [6, 6.07) is 12.8. The molecule has 170 valence electrons. The van der Waals surface area contributed by atoms with Crippen LogP contribution < -0.4 is 0 Å². The topological polar surface area (TPSA) is 52.6 Å². The summed E-state index contributed by atoms with van der Waals surface area (Å²) in [5.74, 6) is -0.407. The maximum atomic E-state index is 12.0. The van der Waals surface area contributed by atoms with Crippen molar-refractivity contribution in [3.05, 3.63) is 69.8 Å². The van der Waals surface area contributed by atoms with E-state index in [0.29, 0.717) is 38.9 Å². The van der Waals surface area contributed by atoms with Crippen molar-refractivity contribution in [2.45, 2.75) is 90.3 Å². The molecular formula is C28H34O4. The molecule has 4 heteroatoms. The van der Waals surface area contributed by atoms with E-state index in [1.54, 1.807) is 0 Å². The van der Waals surface area contributed by atoms with Gasteiger partial charge in [-0.15, -0.1) is 0 Å². The van der Waals surface area contributed by atoms with Gasteiger partial charge in [0, 0.05) is 12.8 Å². The third-order valence-corrected chi connectivity index (χ3v) is 6.64. The van der Waals surface area contributed by atoms with Gasteiger partial charge in [-0.1, -0.05) is 36.4 Å². The number of ether oxygens (including phenoxy) is 2. The Balaban J connectivity index is 1.09. The van der Waals surface area contributed by atoms with Gasteiger partial charge in [0.15, 0.2) is 0 Å². The Morgan fingerprint density at radius 2 is 1.00 bits per heavy atom. The highest BCUT2D eigenvalue weighted by Crippen LogP contribution is 2.23. The van der Waals surface area contributed by atoms with Crippen LogP contribution in [0.25, 0.3) is 0 Å². The van der Waals surface area contributed by atoms with Gasteiger partial charge in [0.25, 0.3) is 0 Å². The van der Waals surface area contributed by atoms with Crippen LogP contribution in [-0.2, 0) is 58.0 Å². The van der Waals surface area contributed by atoms with Crippen molar-refractivity contribution < 1.29 is 19.1 Å². The number of benzene rings is 2. The Kier molecular flexibility index (Phi) is 7.97. The lowest BCUT2D eigenvalue weighted by Crippen LogP contribution is -2.08. The fourth-order valence-electron chi connectivity index (χ4n) is 4.76. The van der Waals surface area contributed by atoms with Crippen LogP contribution in [0.4, 0.5) is 0 Å². The van der Waals surface area contributed by atoms with E-state index in [0.717, 1.165) is 36.8 Å². The molecule has 2 aliphatic rings. The molecule has 0 spiro atoms. The molecule has 0 heterocycles. The van der Waals surface area contributed by atoms with Gasteiger partial charge in [0.05, 0.1) is 0 Å². The summed E-state index contributed by atoms with van der Waals surface area (Å²) in [5.41, 5.74) is 7.79. The van der Waals surface area contributed by atoms with Crippen molar-refractivity contribution in [1.82, 2.24) is 0 Å². The van der Waals surface area contributed by atoms with Gasteiger partial charge in [-0.25, -0.2) is 0 Å². The molecular weight excluding hydrogens is 400 g/mol. The van der Waals surface area contributed by atoms with Crippen molar-refractivity contribution in [2.24, 2.45) is 0 Å². The molecule has 0 unspecified atom stereocenters. The molecule has 0 bridgehead atoms. The van der Waals surface area contributed by atoms with Gasteiger partial charge >= 0.3 is 11.9 Å². The fourth-order valence-corrected chi connectivity index (χ4v) is 4.76. The Labute approximate surface area is 191 Å². The normalized spacial score (nSPS) is 14.9. The highest BCUT2D eigenvalue weighted by molar-refractivity contribution is 5.70. The zero-order valence-electron chi connectivity index (χ0n) is 19.0. The van der Waals surface area contributed by atoms with Gasteiger partial charge < -0.3 is 9.47 Å². The quantitative estimate of drug-likeness (QED) is 0.370. The molecule has 2 aromatic carbocycles. The molecule has 0 fully saturated rings. The van der Waals surface area contributed by atoms with E-state index < -0.39 is 0 Å². The zero-order valence-corrected chi connectivity index (χ0v) is 19.0. The van der Waals surface area contributed by atoms with Crippen LogP contribution >= 0.6 is 0 Å². The van der Waals surface area contributed by atoms with Gasteiger partial charge in [-0.05, 0) is 97.6 Å². The largest absolute Gasteiger partial charge is 0.461 e. The molecule has 4 rings (SSSR count). The average molecular weight is 435 g/mol. The standard InChI is InChI=1S/C28H34O4/c29-27(31-19-21-13-15-23-7-1-3-9-25(23)17-21)11-5-6-12-28(30)32-20-22-14-16-24-8-2-4-10-26(24)18-22/h13-18H,1-12,19-20H2. The highest BCUT2D eigenvalue weighted by Gasteiger charge is 2.12. The first kappa shape index (κ1) is 22.6. The first-order valence-electron chi connectivity index (χ1n) is 12.2. The molecule has 4 nitrogen and oxygen atoms in total. The molecule has 2 aromatic rings. The first-order valence-corrected chi connectivity index (χ1v) is 12.2. The predicted molar refractivity (Wildman–Crippen MR) is 124 cm³/mol. The number of hydrogen-bond donors (Lipinski definition) is 0. The third kappa shape index (κ3) is 6.44. The van der Waals surface area contributed by atoms with Gasteiger partial charge in [-0.3, -0.25) is 9.59 Å². The van der Waals surface area contributed by atoms with Crippen LogP contribution in [0.3, 0.4) is 0 Å². The van der Waals surface area contributed by atoms with Gasteiger partial charge in [0.1, 0.15) is 13.2 Å². The zero-order chi connectivity index (χ0) is 22.2. The van der Waals surface area contributed by atoms with Crippen molar-refractivity contribution in [3.63, 3.8) is 0 Å². The predicted octanol–water partition coefficient (Wildman–Crippen LogP) is 5.79. The van der Waals surface area contributed by atoms with E-state index in [-0.39, 0.29) is 11.9 Å². The maximum Gasteiger partial charge on any atom is 0.306 e. The second kappa shape index (κ2) is 11.3. The molecule has 0 N–H and O–H groups in total. The minimum atomic E-state index is -0.204. The van der Waals surface area contributed by atoms with Crippen molar-refractivity contribution in [2.75, 3.05) is 0 Å². The number of esters is 2. The minimum Gasteiger partial charge on any atom is -0.461 e. The minimum absolute atomic E-state index is 0.204. The maximum absolute atomic E-state index is 12.0. The molecule has 0 saturated heterocycles. The summed E-state index contributed by atoms with van der Waals surface area (Å²) in [4.78, 5) is 24.1. The number of hydrogen-bond acceptors (Lipinski definition) is 4. The fraction of sp³-hybridized carbons (Fsp3) is 0.500. The molecule has 0 aliphatic heterocycles. The van der Waals surface area contributed by atoms with Crippen LogP contribution in [0, 0.1) is 0 Å². The van der Waals surface area contributed by atoms with Crippen molar-refractivity contribution in [3.8, 4) is 0 Å². The van der Waals surface area contributed by atoms with Crippen molar-refractivity contribution in [1.29, 1.82) is 0 Å². The lowest BCUT2D eigenvalue weighted by molar-refractivity contribution is -0.147. The van der Waals surface area contributed by atoms with Crippen LogP contribution in [0.15, 0.2) is 36.4 Å². The second-order valence-corrected chi connectivity index (χ2v) is 9.15. The Hall–Kier alpha value is -2.62. The van der Waals surface area contributed by atoms with Crippen LogP contribution in [0.5, 0.6) is 0 Å².